The maximum atomic E-state index is 11.7. The Hall–Kier alpha value is -1.42. The van der Waals surface area contributed by atoms with Gasteiger partial charge in [0.25, 0.3) is 0 Å². The number of fused-ring (bicyclic) bond motifs is 1. The lowest BCUT2D eigenvalue weighted by atomic mass is 9.98. The molecule has 0 unspecified atom stereocenters. The molecule has 1 amide bonds. The fraction of sp³-hybridized carbons (Fsp3) is 0.462. The van der Waals surface area contributed by atoms with Gasteiger partial charge in [-0.25, -0.2) is 0 Å². The molecule has 0 radical (unpaired) electrons. The summed E-state index contributed by atoms with van der Waals surface area (Å²) in [5.41, 5.74) is 2.22. The van der Waals surface area contributed by atoms with Crippen LogP contribution in [0.1, 0.15) is 11.1 Å². The smallest absolute Gasteiger partial charge is 0.237 e. The van der Waals surface area contributed by atoms with Crippen LogP contribution in [0.2, 0.25) is 0 Å². The number of ether oxygens (including phenoxy) is 2. The highest BCUT2D eigenvalue weighted by Crippen LogP contribution is 2.36. The molecule has 0 aliphatic carbocycles. The van der Waals surface area contributed by atoms with E-state index in [-0.39, 0.29) is 11.8 Å². The van der Waals surface area contributed by atoms with E-state index in [2.05, 4.69) is 0 Å². The van der Waals surface area contributed by atoms with E-state index in [1.165, 1.54) is 5.56 Å². The number of carbonyl (C=O) groups is 1. The lowest BCUT2D eigenvalue weighted by molar-refractivity contribution is -0.129. The topological polar surface area (TPSA) is 38.8 Å². The second-order valence-electron chi connectivity index (χ2n) is 4.14. The molecular formula is C13H16ClNO3. The minimum atomic E-state index is -0.0489. The summed E-state index contributed by atoms with van der Waals surface area (Å²) in [7, 11) is 3.22. The number of rotatable bonds is 3. The quantitative estimate of drug-likeness (QED) is 0.786. The minimum Gasteiger partial charge on any atom is -0.493 e. The van der Waals surface area contributed by atoms with Crippen molar-refractivity contribution in [3.05, 3.63) is 23.3 Å². The summed E-state index contributed by atoms with van der Waals surface area (Å²) in [6.45, 7) is 1.23. The van der Waals surface area contributed by atoms with E-state index in [9.17, 15) is 4.79 Å². The molecule has 0 atom stereocenters. The van der Waals surface area contributed by atoms with E-state index < -0.39 is 0 Å². The first-order valence-electron chi connectivity index (χ1n) is 5.77. The monoisotopic (exact) mass is 269 g/mol. The van der Waals surface area contributed by atoms with Crippen molar-refractivity contribution >= 4 is 17.5 Å². The Balaban J connectivity index is 2.37. The van der Waals surface area contributed by atoms with Crippen LogP contribution < -0.4 is 9.47 Å². The highest BCUT2D eigenvalue weighted by Gasteiger charge is 2.24. The standard InChI is InChI=1S/C13H16ClNO3/c1-17-11-4-3-9-5-6-15(12(16)7-14)8-10(9)13(11)18-2/h3-4H,5-8H2,1-2H3. The van der Waals surface area contributed by atoms with Gasteiger partial charge < -0.3 is 14.4 Å². The van der Waals surface area contributed by atoms with Crippen LogP contribution in [-0.4, -0.2) is 37.5 Å². The first-order chi connectivity index (χ1) is 8.71. The second kappa shape index (κ2) is 5.48. The summed E-state index contributed by atoms with van der Waals surface area (Å²) >= 11 is 5.60. The first kappa shape index (κ1) is 13.0. The maximum Gasteiger partial charge on any atom is 0.237 e. The van der Waals surface area contributed by atoms with Crippen molar-refractivity contribution < 1.29 is 14.3 Å². The predicted octanol–water partition coefficient (Wildman–Crippen LogP) is 1.83. The number of methoxy groups -OCH3 is 2. The van der Waals surface area contributed by atoms with Crippen molar-refractivity contribution in [1.29, 1.82) is 0 Å². The summed E-state index contributed by atoms with van der Waals surface area (Å²) in [5, 5.41) is 0. The first-order valence-corrected chi connectivity index (χ1v) is 6.31. The third-order valence-corrected chi connectivity index (χ3v) is 3.44. The number of carbonyl (C=O) groups excluding carboxylic acids is 1. The van der Waals surface area contributed by atoms with Gasteiger partial charge in [0.15, 0.2) is 11.5 Å². The van der Waals surface area contributed by atoms with Crippen LogP contribution >= 0.6 is 11.6 Å². The molecule has 1 aromatic carbocycles. The third kappa shape index (κ3) is 2.25. The molecule has 0 aromatic heterocycles. The van der Waals surface area contributed by atoms with Gasteiger partial charge in [-0.1, -0.05) is 6.07 Å². The van der Waals surface area contributed by atoms with Crippen LogP contribution in [-0.2, 0) is 17.8 Å². The van der Waals surface area contributed by atoms with Crippen molar-refractivity contribution in [2.45, 2.75) is 13.0 Å². The van der Waals surface area contributed by atoms with Crippen LogP contribution in [0.3, 0.4) is 0 Å². The van der Waals surface area contributed by atoms with Crippen LogP contribution in [0.5, 0.6) is 11.5 Å². The Labute approximate surface area is 111 Å². The molecule has 98 valence electrons. The SMILES string of the molecule is COc1ccc2c(c1OC)CN(C(=O)CCl)CC2. The Morgan fingerprint density at radius 1 is 1.39 bits per heavy atom. The number of benzene rings is 1. The zero-order valence-corrected chi connectivity index (χ0v) is 11.3. The van der Waals surface area contributed by atoms with E-state index in [4.69, 9.17) is 21.1 Å². The van der Waals surface area contributed by atoms with Crippen LogP contribution in [0.4, 0.5) is 0 Å². The zero-order chi connectivity index (χ0) is 13.1. The summed E-state index contributed by atoms with van der Waals surface area (Å²) in [6.07, 6.45) is 0.818. The number of hydrogen-bond acceptors (Lipinski definition) is 3. The average molecular weight is 270 g/mol. The molecule has 18 heavy (non-hydrogen) atoms. The number of nitrogens with zero attached hydrogens (tertiary/aromatic N) is 1. The van der Waals surface area contributed by atoms with Gasteiger partial charge in [-0.3, -0.25) is 4.79 Å². The largest absolute Gasteiger partial charge is 0.493 e. The van der Waals surface area contributed by atoms with Gasteiger partial charge in [0.05, 0.1) is 14.2 Å². The molecule has 0 fully saturated rings. The van der Waals surface area contributed by atoms with E-state index in [0.717, 1.165) is 12.0 Å². The molecule has 1 heterocycles. The molecule has 5 heteroatoms. The van der Waals surface area contributed by atoms with Crippen LogP contribution in [0.15, 0.2) is 12.1 Å². The molecule has 0 N–H and O–H groups in total. The van der Waals surface area contributed by atoms with Gasteiger partial charge in [-0.2, -0.15) is 0 Å². The second-order valence-corrected chi connectivity index (χ2v) is 4.40. The highest BCUT2D eigenvalue weighted by atomic mass is 35.5. The number of hydrogen-bond donors (Lipinski definition) is 0. The van der Waals surface area contributed by atoms with Crippen molar-refractivity contribution in [2.75, 3.05) is 26.6 Å². The summed E-state index contributed by atoms with van der Waals surface area (Å²) in [6, 6.07) is 3.93. The van der Waals surface area contributed by atoms with E-state index >= 15 is 0 Å². The van der Waals surface area contributed by atoms with Gasteiger partial charge in [-0.05, 0) is 18.1 Å². The van der Waals surface area contributed by atoms with Gasteiger partial charge >= 0.3 is 0 Å². The number of halogens is 1. The lowest BCUT2D eigenvalue weighted by Gasteiger charge is -2.30. The maximum absolute atomic E-state index is 11.7. The summed E-state index contributed by atoms with van der Waals surface area (Å²) in [4.78, 5) is 13.4. The molecule has 0 bridgehead atoms. The van der Waals surface area contributed by atoms with Crippen LogP contribution in [0, 0.1) is 0 Å². The molecule has 2 rings (SSSR count). The predicted molar refractivity (Wildman–Crippen MR) is 69.4 cm³/mol. The van der Waals surface area contributed by atoms with Crippen molar-refractivity contribution in [3.8, 4) is 11.5 Å². The molecule has 1 aliphatic rings. The van der Waals surface area contributed by atoms with Crippen molar-refractivity contribution in [2.24, 2.45) is 0 Å². The Kier molecular flexibility index (Phi) is 3.97. The molecule has 4 nitrogen and oxygen atoms in total. The zero-order valence-electron chi connectivity index (χ0n) is 10.5. The average Bonchev–Trinajstić information content (AvgIpc) is 2.44. The molecule has 0 saturated heterocycles. The summed E-state index contributed by atoms with van der Waals surface area (Å²) in [5.74, 6) is 1.37. The summed E-state index contributed by atoms with van der Waals surface area (Å²) < 4.78 is 10.7. The fourth-order valence-electron chi connectivity index (χ4n) is 2.26. The van der Waals surface area contributed by atoms with E-state index in [1.54, 1.807) is 19.1 Å². The molecular weight excluding hydrogens is 254 g/mol. The number of amides is 1. The van der Waals surface area contributed by atoms with Gasteiger partial charge in [-0.15, -0.1) is 11.6 Å². The van der Waals surface area contributed by atoms with E-state index in [0.29, 0.717) is 24.6 Å². The molecule has 0 saturated carbocycles. The Bertz CT molecular complexity index is 462. The fourth-order valence-corrected chi connectivity index (χ4v) is 2.43. The Morgan fingerprint density at radius 3 is 2.78 bits per heavy atom. The molecule has 1 aromatic rings. The van der Waals surface area contributed by atoms with Gasteiger partial charge in [0.2, 0.25) is 5.91 Å². The third-order valence-electron chi connectivity index (χ3n) is 3.21. The van der Waals surface area contributed by atoms with Crippen molar-refractivity contribution in [1.82, 2.24) is 4.90 Å². The minimum absolute atomic E-state index is 0.0155. The normalized spacial score (nSPS) is 14.1. The van der Waals surface area contributed by atoms with Crippen molar-refractivity contribution in [3.63, 3.8) is 0 Å². The Morgan fingerprint density at radius 2 is 2.17 bits per heavy atom. The van der Waals surface area contributed by atoms with Gasteiger partial charge in [0, 0.05) is 18.7 Å². The van der Waals surface area contributed by atoms with Gasteiger partial charge in [0.1, 0.15) is 5.88 Å². The number of alkyl halides is 1. The van der Waals surface area contributed by atoms with Crippen LogP contribution in [0.25, 0.3) is 0 Å². The lowest BCUT2D eigenvalue weighted by Crippen LogP contribution is -2.36. The van der Waals surface area contributed by atoms with E-state index in [1.807, 2.05) is 12.1 Å². The highest BCUT2D eigenvalue weighted by molar-refractivity contribution is 6.27. The molecule has 0 spiro atoms. The molecule has 1 aliphatic heterocycles.